The van der Waals surface area contributed by atoms with Gasteiger partial charge in [-0.25, -0.2) is 8.78 Å². The zero-order chi connectivity index (χ0) is 9.14. The molecule has 1 aromatic heterocycles. The average molecular weight is 212 g/mol. The average Bonchev–Trinajstić information content (AvgIpc) is 2.03. The second-order valence-corrected chi connectivity index (χ2v) is 2.80. The number of halogens is 4. The van der Waals surface area contributed by atoms with Crippen LogP contribution in [0.4, 0.5) is 8.78 Å². The van der Waals surface area contributed by atoms with Gasteiger partial charge >= 0.3 is 0 Å². The highest BCUT2D eigenvalue weighted by molar-refractivity contribution is 6.31. The zero-order valence-electron chi connectivity index (χ0n) is 5.90. The number of hydrogen-bond acceptors (Lipinski definition) is 1. The third kappa shape index (κ3) is 1.84. The van der Waals surface area contributed by atoms with Crippen LogP contribution in [-0.2, 0) is 5.88 Å². The Morgan fingerprint density at radius 2 is 2.08 bits per heavy atom. The molecule has 0 unspecified atom stereocenters. The fourth-order valence-corrected chi connectivity index (χ4v) is 1.31. The van der Waals surface area contributed by atoms with E-state index in [0.717, 1.165) is 0 Å². The highest BCUT2D eigenvalue weighted by atomic mass is 35.5. The van der Waals surface area contributed by atoms with E-state index in [2.05, 4.69) is 4.98 Å². The smallest absolute Gasteiger partial charge is 0.263 e. The Hall–Kier alpha value is -0.410. The summed E-state index contributed by atoms with van der Waals surface area (Å²) in [5.74, 6) is -0.00671. The summed E-state index contributed by atoms with van der Waals surface area (Å²) < 4.78 is 24.6. The molecule has 0 bridgehead atoms. The number of hydrogen-bond donors (Lipinski definition) is 0. The molecule has 1 rings (SSSR count). The van der Waals surface area contributed by atoms with Gasteiger partial charge in [0.05, 0.1) is 5.02 Å². The second-order valence-electron chi connectivity index (χ2n) is 2.13. The molecule has 0 spiro atoms. The Kier molecular flexibility index (Phi) is 3.23. The van der Waals surface area contributed by atoms with E-state index in [9.17, 15) is 8.78 Å². The van der Waals surface area contributed by atoms with E-state index in [-0.39, 0.29) is 22.0 Å². The minimum atomic E-state index is -2.60. The normalized spacial score (nSPS) is 10.8. The van der Waals surface area contributed by atoms with E-state index in [4.69, 9.17) is 23.2 Å². The molecule has 12 heavy (non-hydrogen) atoms. The minimum Gasteiger partial charge on any atom is -0.263 e. The molecule has 0 N–H and O–H groups in total. The van der Waals surface area contributed by atoms with Crippen LogP contribution in [0.2, 0.25) is 5.02 Å². The molecule has 0 atom stereocenters. The molecule has 0 aliphatic carbocycles. The number of nitrogens with zero attached hydrogens (tertiary/aromatic N) is 1. The van der Waals surface area contributed by atoms with Crippen molar-refractivity contribution in [2.75, 3.05) is 0 Å². The quantitative estimate of drug-likeness (QED) is 0.684. The maximum Gasteiger partial charge on any atom is 0.265 e. The molecule has 1 nitrogen and oxygen atoms in total. The van der Waals surface area contributed by atoms with Crippen LogP contribution in [0.5, 0.6) is 0 Å². The largest absolute Gasteiger partial charge is 0.265 e. The van der Waals surface area contributed by atoms with Gasteiger partial charge in [0.1, 0.15) is 0 Å². The van der Waals surface area contributed by atoms with Crippen molar-refractivity contribution < 1.29 is 8.78 Å². The van der Waals surface area contributed by atoms with Gasteiger partial charge in [-0.05, 0) is 5.56 Å². The van der Waals surface area contributed by atoms with Gasteiger partial charge in [-0.15, -0.1) is 11.6 Å². The van der Waals surface area contributed by atoms with Crippen LogP contribution in [-0.4, -0.2) is 4.98 Å². The van der Waals surface area contributed by atoms with E-state index in [0.29, 0.717) is 0 Å². The van der Waals surface area contributed by atoms with E-state index in [1.807, 2.05) is 0 Å². The van der Waals surface area contributed by atoms with Gasteiger partial charge in [0.2, 0.25) is 0 Å². The van der Waals surface area contributed by atoms with Gasteiger partial charge in [0, 0.05) is 23.8 Å². The topological polar surface area (TPSA) is 12.9 Å². The molecule has 1 heterocycles. The van der Waals surface area contributed by atoms with Crippen LogP contribution >= 0.6 is 23.2 Å². The summed E-state index contributed by atoms with van der Waals surface area (Å²) in [6.07, 6.45) is -0.131. The molecule has 0 amide bonds. The molecule has 0 radical (unpaired) electrons. The van der Waals surface area contributed by atoms with Crippen LogP contribution in [0.3, 0.4) is 0 Å². The lowest BCUT2D eigenvalue weighted by molar-refractivity contribution is 0.150. The Morgan fingerprint density at radius 1 is 1.42 bits per heavy atom. The van der Waals surface area contributed by atoms with Crippen LogP contribution < -0.4 is 0 Å². The first-order valence-electron chi connectivity index (χ1n) is 3.13. The first-order chi connectivity index (χ1) is 5.66. The van der Waals surface area contributed by atoms with E-state index < -0.39 is 6.43 Å². The first-order valence-corrected chi connectivity index (χ1v) is 4.04. The van der Waals surface area contributed by atoms with Crippen molar-refractivity contribution in [2.45, 2.75) is 12.3 Å². The van der Waals surface area contributed by atoms with Gasteiger partial charge in [0.15, 0.2) is 0 Å². The number of aromatic nitrogens is 1. The van der Waals surface area contributed by atoms with Crippen LogP contribution in [0.15, 0.2) is 12.4 Å². The van der Waals surface area contributed by atoms with Crippen LogP contribution in [0.1, 0.15) is 17.6 Å². The fraction of sp³-hybridized carbons (Fsp3) is 0.286. The van der Waals surface area contributed by atoms with Crippen molar-refractivity contribution in [3.63, 3.8) is 0 Å². The van der Waals surface area contributed by atoms with Crippen LogP contribution in [0.25, 0.3) is 0 Å². The molecule has 0 saturated heterocycles. The van der Waals surface area contributed by atoms with Gasteiger partial charge < -0.3 is 0 Å². The highest BCUT2D eigenvalue weighted by Gasteiger charge is 2.16. The third-order valence-corrected chi connectivity index (χ3v) is 1.97. The Morgan fingerprint density at radius 3 is 2.50 bits per heavy atom. The minimum absolute atomic E-state index is 0.00671. The van der Waals surface area contributed by atoms with Crippen molar-refractivity contribution in [1.29, 1.82) is 0 Å². The third-order valence-electron chi connectivity index (χ3n) is 1.38. The van der Waals surface area contributed by atoms with E-state index in [1.54, 1.807) is 0 Å². The number of rotatable bonds is 2. The van der Waals surface area contributed by atoms with Crippen molar-refractivity contribution in [2.24, 2.45) is 0 Å². The predicted octanol–water partition coefficient (Wildman–Crippen LogP) is 3.41. The number of alkyl halides is 3. The van der Waals surface area contributed by atoms with Gasteiger partial charge in [-0.2, -0.15) is 0 Å². The molecule has 0 fully saturated rings. The lowest BCUT2D eigenvalue weighted by Crippen LogP contribution is -1.94. The summed E-state index contributed by atoms with van der Waals surface area (Å²) in [5, 5.41) is -0.0387. The summed E-state index contributed by atoms with van der Waals surface area (Å²) in [7, 11) is 0. The monoisotopic (exact) mass is 211 g/mol. The summed E-state index contributed by atoms with van der Waals surface area (Å²) in [6.45, 7) is 0. The predicted molar refractivity (Wildman–Crippen MR) is 43.8 cm³/mol. The van der Waals surface area contributed by atoms with Crippen molar-refractivity contribution in [1.82, 2.24) is 4.98 Å². The molecule has 1 aromatic rings. The van der Waals surface area contributed by atoms with Crippen molar-refractivity contribution in [3.05, 3.63) is 28.5 Å². The summed E-state index contributed by atoms with van der Waals surface area (Å²) in [6, 6.07) is 0. The van der Waals surface area contributed by atoms with Crippen LogP contribution in [0, 0.1) is 0 Å². The molecule has 0 aromatic carbocycles. The number of pyridine rings is 1. The van der Waals surface area contributed by atoms with Crippen molar-refractivity contribution in [3.8, 4) is 0 Å². The zero-order valence-corrected chi connectivity index (χ0v) is 7.41. The van der Waals surface area contributed by atoms with E-state index in [1.165, 1.54) is 12.4 Å². The lowest BCUT2D eigenvalue weighted by Gasteiger charge is -2.06. The second kappa shape index (κ2) is 4.01. The SMILES string of the molecule is FC(F)c1c(Cl)cncc1CCl. The van der Waals surface area contributed by atoms with Crippen molar-refractivity contribution >= 4 is 23.2 Å². The summed E-state index contributed by atoms with van der Waals surface area (Å²) in [5.41, 5.74) is 0.0563. The molecule has 0 aliphatic rings. The Bertz CT molecular complexity index is 278. The molecular formula is C7H5Cl2F2N. The highest BCUT2D eigenvalue weighted by Crippen LogP contribution is 2.29. The van der Waals surface area contributed by atoms with E-state index >= 15 is 0 Å². The Labute approximate surface area is 78.3 Å². The lowest BCUT2D eigenvalue weighted by atomic mass is 10.2. The molecule has 66 valence electrons. The molecule has 0 aliphatic heterocycles. The standard InChI is InChI=1S/C7H5Cl2F2N/c8-1-4-2-12-3-5(9)6(4)7(10)11/h2-3,7H,1H2. The molecular weight excluding hydrogens is 207 g/mol. The molecule has 0 saturated carbocycles. The molecule has 5 heteroatoms. The fourth-order valence-electron chi connectivity index (χ4n) is 0.836. The maximum atomic E-state index is 12.3. The van der Waals surface area contributed by atoms with Gasteiger partial charge in [-0.3, -0.25) is 4.98 Å². The first kappa shape index (κ1) is 9.68. The summed E-state index contributed by atoms with van der Waals surface area (Å²) >= 11 is 10.9. The maximum absolute atomic E-state index is 12.3. The summed E-state index contributed by atoms with van der Waals surface area (Å²) in [4.78, 5) is 3.65. The van der Waals surface area contributed by atoms with Gasteiger partial charge in [0.25, 0.3) is 6.43 Å². The van der Waals surface area contributed by atoms with Gasteiger partial charge in [-0.1, -0.05) is 11.6 Å². The Balaban J connectivity index is 3.20.